The number of likely N-dealkylation sites (tertiary alicyclic amines) is 1. The van der Waals surface area contributed by atoms with Crippen molar-refractivity contribution in [3.8, 4) is 0 Å². The Kier molecular flexibility index (Phi) is 3.73. The Morgan fingerprint density at radius 1 is 1.24 bits per heavy atom. The van der Waals surface area contributed by atoms with E-state index in [4.69, 9.17) is 5.73 Å². The SMILES string of the molecule is Cc1ccc2c(c1)[C@@]1(C)CCN(C)[C@H](C2)[C@@H]1c1cccc(C(N)=O)c1. The number of fused-ring (bicyclic) bond motifs is 4. The fourth-order valence-corrected chi connectivity index (χ4v) is 5.09. The van der Waals surface area contributed by atoms with Crippen LogP contribution < -0.4 is 5.73 Å². The Bertz CT molecular complexity index is 844. The van der Waals surface area contributed by atoms with Crippen LogP contribution in [0.2, 0.25) is 0 Å². The lowest BCUT2D eigenvalue weighted by molar-refractivity contribution is 0.0830. The monoisotopic (exact) mass is 334 g/mol. The van der Waals surface area contributed by atoms with E-state index >= 15 is 0 Å². The van der Waals surface area contributed by atoms with Gasteiger partial charge in [0.15, 0.2) is 0 Å². The molecule has 0 radical (unpaired) electrons. The van der Waals surface area contributed by atoms with Gasteiger partial charge in [-0.3, -0.25) is 4.79 Å². The molecule has 3 heteroatoms. The van der Waals surface area contributed by atoms with Gasteiger partial charge in [-0.2, -0.15) is 0 Å². The van der Waals surface area contributed by atoms with E-state index in [0.29, 0.717) is 17.5 Å². The van der Waals surface area contributed by atoms with Gasteiger partial charge in [0.25, 0.3) is 0 Å². The second-order valence-electron chi connectivity index (χ2n) is 8.05. The van der Waals surface area contributed by atoms with Gasteiger partial charge in [0.1, 0.15) is 0 Å². The fourth-order valence-electron chi connectivity index (χ4n) is 5.09. The van der Waals surface area contributed by atoms with Crippen LogP contribution in [0.5, 0.6) is 0 Å². The van der Waals surface area contributed by atoms with Gasteiger partial charge in [-0.25, -0.2) is 0 Å². The molecule has 1 aliphatic carbocycles. The van der Waals surface area contributed by atoms with Crippen LogP contribution >= 0.6 is 0 Å². The summed E-state index contributed by atoms with van der Waals surface area (Å²) in [6.45, 7) is 5.69. The Balaban J connectivity index is 1.90. The summed E-state index contributed by atoms with van der Waals surface area (Å²) >= 11 is 0. The topological polar surface area (TPSA) is 46.3 Å². The van der Waals surface area contributed by atoms with Crippen LogP contribution in [0, 0.1) is 6.92 Å². The first-order valence-electron chi connectivity index (χ1n) is 9.10. The predicted molar refractivity (Wildman–Crippen MR) is 101 cm³/mol. The molecule has 1 saturated heterocycles. The van der Waals surface area contributed by atoms with Gasteiger partial charge in [-0.1, -0.05) is 42.8 Å². The van der Waals surface area contributed by atoms with Crippen LogP contribution in [0.25, 0.3) is 0 Å². The van der Waals surface area contributed by atoms with Crippen molar-refractivity contribution in [1.29, 1.82) is 0 Å². The van der Waals surface area contributed by atoms with E-state index in [1.54, 1.807) is 0 Å². The lowest BCUT2D eigenvalue weighted by Gasteiger charge is -2.55. The lowest BCUT2D eigenvalue weighted by Crippen LogP contribution is -2.56. The number of nitrogens with zero attached hydrogens (tertiary/aromatic N) is 1. The van der Waals surface area contributed by atoms with E-state index in [1.165, 1.54) is 22.3 Å². The molecule has 0 saturated carbocycles. The number of benzene rings is 2. The highest BCUT2D eigenvalue weighted by Crippen LogP contribution is 2.53. The molecule has 1 heterocycles. The summed E-state index contributed by atoms with van der Waals surface area (Å²) in [5.41, 5.74) is 11.8. The first kappa shape index (κ1) is 16.3. The van der Waals surface area contributed by atoms with E-state index in [2.05, 4.69) is 50.1 Å². The standard InChI is InChI=1S/C22H26N2O/c1-14-7-8-15-13-19-20(16-5-4-6-17(12-16)21(23)25)22(2,18(15)11-14)9-10-24(19)3/h4-8,11-12,19-20H,9-10,13H2,1-3H3,(H2,23,25)/t19-,20+,22-/m1/s1. The van der Waals surface area contributed by atoms with Crippen molar-refractivity contribution >= 4 is 5.91 Å². The zero-order valence-electron chi connectivity index (χ0n) is 15.3. The molecule has 2 aromatic rings. The third-order valence-electron chi connectivity index (χ3n) is 6.46. The number of aryl methyl sites for hydroxylation is 1. The highest BCUT2D eigenvalue weighted by molar-refractivity contribution is 5.92. The number of rotatable bonds is 2. The maximum absolute atomic E-state index is 11.7. The zero-order valence-corrected chi connectivity index (χ0v) is 15.3. The first-order valence-corrected chi connectivity index (χ1v) is 9.10. The zero-order chi connectivity index (χ0) is 17.8. The number of hydrogen-bond acceptors (Lipinski definition) is 2. The second-order valence-corrected chi connectivity index (χ2v) is 8.05. The van der Waals surface area contributed by atoms with Crippen molar-refractivity contribution in [2.75, 3.05) is 13.6 Å². The molecular formula is C22H26N2O. The third-order valence-corrected chi connectivity index (χ3v) is 6.46. The lowest BCUT2D eigenvalue weighted by atomic mass is 9.56. The molecule has 1 amide bonds. The van der Waals surface area contributed by atoms with Crippen molar-refractivity contribution in [2.24, 2.45) is 5.73 Å². The van der Waals surface area contributed by atoms with E-state index in [9.17, 15) is 4.79 Å². The van der Waals surface area contributed by atoms with Crippen LogP contribution in [0.4, 0.5) is 0 Å². The number of piperidine rings is 1. The molecule has 0 unspecified atom stereocenters. The Morgan fingerprint density at radius 2 is 2.04 bits per heavy atom. The largest absolute Gasteiger partial charge is 0.366 e. The van der Waals surface area contributed by atoms with Crippen molar-refractivity contribution in [2.45, 2.75) is 44.1 Å². The average Bonchev–Trinajstić information content (AvgIpc) is 2.59. The first-order chi connectivity index (χ1) is 11.9. The van der Waals surface area contributed by atoms with Crippen LogP contribution in [-0.2, 0) is 11.8 Å². The maximum Gasteiger partial charge on any atom is 0.248 e. The summed E-state index contributed by atoms with van der Waals surface area (Å²) in [5, 5.41) is 0. The van der Waals surface area contributed by atoms with Gasteiger partial charge in [-0.05, 0) is 62.2 Å². The van der Waals surface area contributed by atoms with Gasteiger partial charge >= 0.3 is 0 Å². The minimum Gasteiger partial charge on any atom is -0.366 e. The number of carbonyl (C=O) groups excluding carboxylic acids is 1. The quantitative estimate of drug-likeness (QED) is 0.915. The minimum absolute atomic E-state index is 0.0903. The molecule has 0 spiro atoms. The number of primary amides is 1. The number of likely N-dealkylation sites (N-methyl/N-ethyl adjacent to an activating group) is 1. The molecule has 1 aliphatic heterocycles. The van der Waals surface area contributed by atoms with Crippen molar-refractivity contribution in [3.05, 3.63) is 70.3 Å². The van der Waals surface area contributed by atoms with Crippen LogP contribution in [0.15, 0.2) is 42.5 Å². The smallest absolute Gasteiger partial charge is 0.248 e. The Labute approximate surface area is 149 Å². The number of nitrogens with two attached hydrogens (primary N) is 1. The number of hydrogen-bond donors (Lipinski definition) is 1. The van der Waals surface area contributed by atoms with E-state index < -0.39 is 0 Å². The summed E-state index contributed by atoms with van der Waals surface area (Å²) in [6.07, 6.45) is 2.19. The normalized spacial score (nSPS) is 28.4. The Hall–Kier alpha value is -2.13. The van der Waals surface area contributed by atoms with Crippen molar-refractivity contribution in [1.82, 2.24) is 4.90 Å². The van der Waals surface area contributed by atoms with Gasteiger partial charge in [0.2, 0.25) is 5.91 Å². The van der Waals surface area contributed by atoms with Crippen molar-refractivity contribution in [3.63, 3.8) is 0 Å². The van der Waals surface area contributed by atoms with Crippen LogP contribution in [-0.4, -0.2) is 30.4 Å². The average molecular weight is 334 g/mol. The summed E-state index contributed by atoms with van der Waals surface area (Å²) < 4.78 is 0. The van der Waals surface area contributed by atoms with Gasteiger partial charge in [-0.15, -0.1) is 0 Å². The molecule has 3 atom stereocenters. The van der Waals surface area contributed by atoms with E-state index in [-0.39, 0.29) is 11.3 Å². The van der Waals surface area contributed by atoms with Gasteiger partial charge < -0.3 is 10.6 Å². The highest BCUT2D eigenvalue weighted by atomic mass is 16.1. The molecule has 2 aliphatic rings. The molecule has 2 N–H and O–H groups in total. The predicted octanol–water partition coefficient (Wildman–Crippen LogP) is 3.40. The van der Waals surface area contributed by atoms with Gasteiger partial charge in [0.05, 0.1) is 0 Å². The van der Waals surface area contributed by atoms with E-state index in [1.807, 2.05) is 18.2 Å². The van der Waals surface area contributed by atoms with Gasteiger partial charge in [0, 0.05) is 22.9 Å². The molecule has 2 bridgehead atoms. The van der Waals surface area contributed by atoms with Crippen LogP contribution in [0.3, 0.4) is 0 Å². The molecule has 25 heavy (non-hydrogen) atoms. The third kappa shape index (κ3) is 2.49. The number of amides is 1. The van der Waals surface area contributed by atoms with Crippen LogP contribution in [0.1, 0.15) is 51.9 Å². The maximum atomic E-state index is 11.7. The highest BCUT2D eigenvalue weighted by Gasteiger charge is 2.50. The second kappa shape index (κ2) is 5.70. The molecular weight excluding hydrogens is 308 g/mol. The van der Waals surface area contributed by atoms with E-state index in [0.717, 1.165) is 19.4 Å². The molecule has 2 aromatic carbocycles. The minimum atomic E-state index is -0.349. The summed E-state index contributed by atoms with van der Waals surface area (Å²) in [6, 6.07) is 15.3. The molecule has 0 aromatic heterocycles. The summed E-state index contributed by atoms with van der Waals surface area (Å²) in [4.78, 5) is 14.2. The molecule has 4 rings (SSSR count). The summed E-state index contributed by atoms with van der Waals surface area (Å²) in [7, 11) is 2.23. The summed E-state index contributed by atoms with van der Waals surface area (Å²) in [5.74, 6) is 0.0254. The fraction of sp³-hybridized carbons (Fsp3) is 0.409. The Morgan fingerprint density at radius 3 is 2.80 bits per heavy atom. The van der Waals surface area contributed by atoms with Crippen molar-refractivity contribution < 1.29 is 4.79 Å². The number of carbonyl (C=O) groups is 1. The molecule has 130 valence electrons. The molecule has 3 nitrogen and oxygen atoms in total. The molecule has 1 fully saturated rings.